The van der Waals surface area contributed by atoms with Crippen molar-refractivity contribution >= 4 is 29.9 Å². The van der Waals surface area contributed by atoms with Crippen molar-refractivity contribution in [2.24, 2.45) is 4.99 Å². The van der Waals surface area contributed by atoms with Crippen LogP contribution in [0.15, 0.2) is 35.3 Å². The molecule has 0 aromatic heterocycles. The molecule has 1 aliphatic carbocycles. The highest BCUT2D eigenvalue weighted by molar-refractivity contribution is 14.0. The van der Waals surface area contributed by atoms with Crippen LogP contribution in [0.25, 0.3) is 0 Å². The molecule has 2 N–H and O–H groups in total. The fourth-order valence-electron chi connectivity index (χ4n) is 2.75. The Balaban J connectivity index is 0.00000364. The Hall–Kier alpha value is -1.06. The summed E-state index contributed by atoms with van der Waals surface area (Å²) in [7, 11) is 1.76. The predicted octanol–water partition coefficient (Wildman–Crippen LogP) is 2.74. The van der Waals surface area contributed by atoms with Crippen LogP contribution in [0, 0.1) is 0 Å². The molecule has 7 heteroatoms. The predicted molar refractivity (Wildman–Crippen MR) is 122 cm³/mol. The van der Waals surface area contributed by atoms with Gasteiger partial charge in [-0.15, -0.1) is 24.0 Å². The first-order valence-electron chi connectivity index (χ1n) is 9.76. The molecule has 1 aromatic carbocycles. The SMILES string of the molecule is CCNC(=NCCCOc1ccccc1)NCCN(CCOC)C1CC1.I. The lowest BCUT2D eigenvalue weighted by molar-refractivity contribution is 0.144. The summed E-state index contributed by atoms with van der Waals surface area (Å²) in [5, 5.41) is 6.74. The molecule has 1 saturated carbocycles. The Bertz CT molecular complexity index is 512. The van der Waals surface area contributed by atoms with Crippen molar-refractivity contribution in [2.75, 3.05) is 53.0 Å². The highest BCUT2D eigenvalue weighted by Gasteiger charge is 2.28. The summed E-state index contributed by atoms with van der Waals surface area (Å²) in [6.45, 7) is 8.10. The molecule has 1 fully saturated rings. The molecule has 0 amide bonds. The van der Waals surface area contributed by atoms with E-state index < -0.39 is 0 Å². The fraction of sp³-hybridized carbons (Fsp3) is 0.650. The number of benzene rings is 1. The van der Waals surface area contributed by atoms with E-state index in [1.165, 1.54) is 12.8 Å². The molecule has 1 aromatic rings. The van der Waals surface area contributed by atoms with Crippen LogP contribution in [0.1, 0.15) is 26.2 Å². The van der Waals surface area contributed by atoms with Crippen LogP contribution in [0.3, 0.4) is 0 Å². The van der Waals surface area contributed by atoms with Crippen molar-refractivity contribution in [1.82, 2.24) is 15.5 Å². The number of hydrogen-bond acceptors (Lipinski definition) is 4. The van der Waals surface area contributed by atoms with E-state index in [1.54, 1.807) is 7.11 Å². The van der Waals surface area contributed by atoms with E-state index in [4.69, 9.17) is 9.47 Å². The highest BCUT2D eigenvalue weighted by Crippen LogP contribution is 2.25. The smallest absolute Gasteiger partial charge is 0.191 e. The van der Waals surface area contributed by atoms with Crippen LogP contribution in [0.2, 0.25) is 0 Å². The number of guanidine groups is 1. The molecule has 154 valence electrons. The first kappa shape index (κ1) is 24.0. The van der Waals surface area contributed by atoms with Crippen LogP contribution >= 0.6 is 24.0 Å². The van der Waals surface area contributed by atoms with Crippen molar-refractivity contribution in [2.45, 2.75) is 32.2 Å². The molecule has 0 saturated heterocycles. The summed E-state index contributed by atoms with van der Waals surface area (Å²) in [6, 6.07) is 10.7. The van der Waals surface area contributed by atoms with Gasteiger partial charge in [0.1, 0.15) is 5.75 Å². The number of nitrogens with one attached hydrogen (secondary N) is 2. The molecule has 0 atom stereocenters. The maximum Gasteiger partial charge on any atom is 0.191 e. The Morgan fingerprint density at radius 2 is 1.93 bits per heavy atom. The molecule has 0 heterocycles. The van der Waals surface area contributed by atoms with Gasteiger partial charge in [0.2, 0.25) is 0 Å². The summed E-state index contributed by atoms with van der Waals surface area (Å²) in [4.78, 5) is 7.14. The first-order chi connectivity index (χ1) is 12.8. The maximum absolute atomic E-state index is 5.70. The highest BCUT2D eigenvalue weighted by atomic mass is 127. The molecule has 0 spiro atoms. The lowest BCUT2D eigenvalue weighted by Gasteiger charge is -2.22. The average Bonchev–Trinajstić information content (AvgIpc) is 3.50. The van der Waals surface area contributed by atoms with Crippen LogP contribution in [0.5, 0.6) is 5.75 Å². The van der Waals surface area contributed by atoms with Gasteiger partial charge in [0, 0.05) is 52.3 Å². The molecule has 0 radical (unpaired) electrons. The summed E-state index contributed by atoms with van der Waals surface area (Å²) >= 11 is 0. The number of nitrogens with zero attached hydrogens (tertiary/aromatic N) is 2. The minimum absolute atomic E-state index is 0. The second kappa shape index (κ2) is 14.9. The lowest BCUT2D eigenvalue weighted by atomic mass is 10.3. The number of methoxy groups -OCH3 is 1. The molecule has 1 aliphatic rings. The molecular weight excluding hydrogens is 455 g/mol. The van der Waals surface area contributed by atoms with Gasteiger partial charge in [0.05, 0.1) is 13.2 Å². The van der Waals surface area contributed by atoms with Gasteiger partial charge in [-0.3, -0.25) is 9.89 Å². The second-order valence-electron chi connectivity index (χ2n) is 6.46. The Labute approximate surface area is 181 Å². The molecular formula is C20H35IN4O2. The minimum atomic E-state index is 0. The van der Waals surface area contributed by atoms with Crippen LogP contribution < -0.4 is 15.4 Å². The zero-order valence-corrected chi connectivity index (χ0v) is 19.0. The van der Waals surface area contributed by atoms with Crippen molar-refractivity contribution in [3.8, 4) is 5.75 Å². The third kappa shape index (κ3) is 10.8. The molecule has 0 unspecified atom stereocenters. The van der Waals surface area contributed by atoms with E-state index in [0.717, 1.165) is 63.5 Å². The van der Waals surface area contributed by atoms with Gasteiger partial charge >= 0.3 is 0 Å². The van der Waals surface area contributed by atoms with E-state index in [-0.39, 0.29) is 24.0 Å². The number of aliphatic imine (C=N–C) groups is 1. The van der Waals surface area contributed by atoms with Crippen molar-refractivity contribution in [1.29, 1.82) is 0 Å². The van der Waals surface area contributed by atoms with Crippen LogP contribution in [-0.2, 0) is 4.74 Å². The minimum Gasteiger partial charge on any atom is -0.494 e. The van der Waals surface area contributed by atoms with Gasteiger partial charge in [0.25, 0.3) is 0 Å². The van der Waals surface area contributed by atoms with Crippen molar-refractivity contribution in [3.63, 3.8) is 0 Å². The van der Waals surface area contributed by atoms with E-state index in [2.05, 4.69) is 27.4 Å². The normalized spacial score (nSPS) is 14.0. The van der Waals surface area contributed by atoms with Gasteiger partial charge < -0.3 is 20.1 Å². The zero-order valence-electron chi connectivity index (χ0n) is 16.7. The zero-order chi connectivity index (χ0) is 18.5. The van der Waals surface area contributed by atoms with Crippen molar-refractivity contribution < 1.29 is 9.47 Å². The summed E-state index contributed by atoms with van der Waals surface area (Å²) in [5.74, 6) is 1.80. The van der Waals surface area contributed by atoms with Gasteiger partial charge in [-0.25, -0.2) is 0 Å². The molecule has 6 nitrogen and oxygen atoms in total. The number of rotatable bonds is 13. The third-order valence-corrected chi connectivity index (χ3v) is 4.27. The number of hydrogen-bond donors (Lipinski definition) is 2. The third-order valence-electron chi connectivity index (χ3n) is 4.27. The Morgan fingerprint density at radius 1 is 1.15 bits per heavy atom. The van der Waals surface area contributed by atoms with Gasteiger partial charge in [-0.05, 0) is 31.9 Å². The largest absolute Gasteiger partial charge is 0.494 e. The summed E-state index contributed by atoms with van der Waals surface area (Å²) in [5.41, 5.74) is 0. The summed E-state index contributed by atoms with van der Waals surface area (Å²) < 4.78 is 10.9. The van der Waals surface area contributed by atoms with Gasteiger partial charge in [-0.1, -0.05) is 18.2 Å². The first-order valence-corrected chi connectivity index (χ1v) is 9.76. The molecule has 0 bridgehead atoms. The van der Waals surface area contributed by atoms with E-state index in [0.29, 0.717) is 6.61 Å². The quantitative estimate of drug-likeness (QED) is 0.193. The van der Waals surface area contributed by atoms with Crippen molar-refractivity contribution in [3.05, 3.63) is 30.3 Å². The molecule has 0 aliphatic heterocycles. The van der Waals surface area contributed by atoms with Gasteiger partial charge in [0.15, 0.2) is 5.96 Å². The van der Waals surface area contributed by atoms with Crippen LogP contribution in [-0.4, -0.2) is 69.9 Å². The van der Waals surface area contributed by atoms with Crippen LogP contribution in [0.4, 0.5) is 0 Å². The van der Waals surface area contributed by atoms with E-state index in [1.807, 2.05) is 30.3 Å². The molecule has 2 rings (SSSR count). The Morgan fingerprint density at radius 3 is 2.59 bits per heavy atom. The monoisotopic (exact) mass is 490 g/mol. The topological polar surface area (TPSA) is 58.1 Å². The lowest BCUT2D eigenvalue weighted by Crippen LogP contribution is -2.42. The molecule has 27 heavy (non-hydrogen) atoms. The van der Waals surface area contributed by atoms with E-state index >= 15 is 0 Å². The second-order valence-corrected chi connectivity index (χ2v) is 6.46. The number of halogens is 1. The number of para-hydroxylation sites is 1. The summed E-state index contributed by atoms with van der Waals surface area (Å²) in [6.07, 6.45) is 3.53. The maximum atomic E-state index is 5.70. The van der Waals surface area contributed by atoms with Gasteiger partial charge in [-0.2, -0.15) is 0 Å². The van der Waals surface area contributed by atoms with E-state index in [9.17, 15) is 0 Å². The average molecular weight is 490 g/mol. The standard InChI is InChI=1S/C20H34N4O2.HI/c1-3-21-20(22-12-7-16-26-19-8-5-4-6-9-19)23-13-14-24(15-17-25-2)18-10-11-18;/h4-6,8-9,18H,3,7,10-17H2,1-2H3,(H2,21,22,23);1H. The fourth-order valence-corrected chi connectivity index (χ4v) is 2.75. The Kier molecular flexibility index (Phi) is 13.3. The number of ether oxygens (including phenoxy) is 2.